The Morgan fingerprint density at radius 3 is 3.14 bits per heavy atom. The normalized spacial score (nSPS) is 29.0. The van der Waals surface area contributed by atoms with E-state index >= 15 is 0 Å². The molecule has 1 N–H and O–H groups in total. The summed E-state index contributed by atoms with van der Waals surface area (Å²) in [5, 5.41) is 4.15. The van der Waals surface area contributed by atoms with Crippen LogP contribution in [0.25, 0.3) is 11.0 Å². The lowest BCUT2D eigenvalue weighted by molar-refractivity contribution is -0.122. The van der Waals surface area contributed by atoms with Crippen molar-refractivity contribution >= 4 is 16.9 Å². The minimum Gasteiger partial charge on any atom is -0.381 e. The first-order valence-corrected chi connectivity index (χ1v) is 8.03. The molecule has 0 spiro atoms. The van der Waals surface area contributed by atoms with Crippen LogP contribution in [0.3, 0.4) is 0 Å². The Labute approximate surface area is 129 Å². The zero-order valence-electron chi connectivity index (χ0n) is 12.8. The van der Waals surface area contributed by atoms with Gasteiger partial charge in [-0.25, -0.2) is 4.98 Å². The molecule has 1 fully saturated rings. The average Bonchev–Trinajstić information content (AvgIpc) is 3.12. The first-order chi connectivity index (χ1) is 10.7. The number of fused-ring (bicyclic) bond motifs is 2. The number of pyridine rings is 1. The van der Waals surface area contributed by atoms with Crippen LogP contribution in [0.2, 0.25) is 0 Å². The number of nitrogens with zero attached hydrogens (tertiary/aromatic N) is 2. The molecular weight excluding hydrogens is 278 g/mol. The van der Waals surface area contributed by atoms with E-state index in [-0.39, 0.29) is 11.9 Å². The number of ether oxygens (including phenoxy) is 1. The lowest BCUT2D eigenvalue weighted by atomic mass is 10.2. The highest BCUT2D eigenvalue weighted by Crippen LogP contribution is 2.40. The van der Waals surface area contributed by atoms with Crippen LogP contribution in [0.1, 0.15) is 31.5 Å². The molecule has 0 radical (unpaired) electrons. The number of aromatic nitrogens is 2. The second-order valence-corrected chi connectivity index (χ2v) is 6.49. The van der Waals surface area contributed by atoms with Gasteiger partial charge >= 0.3 is 0 Å². The zero-order valence-corrected chi connectivity index (χ0v) is 12.8. The van der Waals surface area contributed by atoms with Gasteiger partial charge in [-0.05, 0) is 43.4 Å². The standard InChI is InChI=1S/C17H21N3O2/c1-11-15-3-2-12-4-6-20(17(12)19-15)9-13-8-14(13)10-22-7-5-16(21)18-11/h2-4,6,11,13-14H,5,7-10H2,1H3,(H,18,21). The summed E-state index contributed by atoms with van der Waals surface area (Å²) in [7, 11) is 0. The van der Waals surface area contributed by atoms with E-state index in [1.165, 1.54) is 6.42 Å². The van der Waals surface area contributed by atoms with Crippen LogP contribution in [-0.4, -0.2) is 28.7 Å². The van der Waals surface area contributed by atoms with Crippen molar-refractivity contribution in [3.63, 3.8) is 0 Å². The van der Waals surface area contributed by atoms with Crippen molar-refractivity contribution in [3.05, 3.63) is 30.1 Å². The second kappa shape index (κ2) is 5.39. The van der Waals surface area contributed by atoms with Gasteiger partial charge in [-0.3, -0.25) is 4.79 Å². The summed E-state index contributed by atoms with van der Waals surface area (Å²) in [5.41, 5.74) is 1.92. The molecule has 1 saturated carbocycles. The lowest BCUT2D eigenvalue weighted by Crippen LogP contribution is -2.28. The van der Waals surface area contributed by atoms with Gasteiger partial charge in [0.2, 0.25) is 5.91 Å². The van der Waals surface area contributed by atoms with Crippen molar-refractivity contribution in [2.75, 3.05) is 13.2 Å². The van der Waals surface area contributed by atoms with E-state index < -0.39 is 0 Å². The average molecular weight is 299 g/mol. The predicted molar refractivity (Wildman–Crippen MR) is 83.3 cm³/mol. The monoisotopic (exact) mass is 299 g/mol. The Hall–Kier alpha value is -1.88. The number of nitrogens with one attached hydrogen (secondary N) is 1. The smallest absolute Gasteiger partial charge is 0.222 e. The highest BCUT2D eigenvalue weighted by molar-refractivity contribution is 5.78. The molecule has 5 nitrogen and oxygen atoms in total. The zero-order chi connectivity index (χ0) is 15.1. The summed E-state index contributed by atoms with van der Waals surface area (Å²) in [5.74, 6) is 1.33. The molecule has 5 heteroatoms. The Kier molecular flexibility index (Phi) is 3.37. The Morgan fingerprint density at radius 1 is 1.32 bits per heavy atom. The minimum atomic E-state index is -0.0862. The molecule has 0 aromatic carbocycles. The molecule has 1 amide bonds. The maximum atomic E-state index is 12.0. The van der Waals surface area contributed by atoms with E-state index in [1.807, 2.05) is 13.0 Å². The molecule has 4 rings (SSSR count). The van der Waals surface area contributed by atoms with Crippen LogP contribution in [0.4, 0.5) is 0 Å². The molecule has 3 unspecified atom stereocenters. The topological polar surface area (TPSA) is 56.1 Å². The van der Waals surface area contributed by atoms with E-state index in [1.54, 1.807) is 0 Å². The van der Waals surface area contributed by atoms with Crippen LogP contribution in [0.5, 0.6) is 0 Å². The second-order valence-electron chi connectivity index (χ2n) is 6.49. The molecule has 22 heavy (non-hydrogen) atoms. The van der Waals surface area contributed by atoms with E-state index in [9.17, 15) is 4.79 Å². The third-order valence-corrected chi connectivity index (χ3v) is 4.76. The Morgan fingerprint density at radius 2 is 2.23 bits per heavy atom. The van der Waals surface area contributed by atoms with Crippen LogP contribution < -0.4 is 5.32 Å². The van der Waals surface area contributed by atoms with E-state index in [4.69, 9.17) is 9.72 Å². The van der Waals surface area contributed by atoms with Crippen molar-refractivity contribution in [1.82, 2.24) is 14.9 Å². The lowest BCUT2D eigenvalue weighted by Gasteiger charge is -2.15. The number of hydrogen-bond donors (Lipinski definition) is 1. The van der Waals surface area contributed by atoms with Gasteiger partial charge in [0.15, 0.2) is 0 Å². The SMILES string of the molecule is CC1NC(=O)CCOCC2CC2Cn2ccc3ccc1nc32. The van der Waals surface area contributed by atoms with E-state index in [0.29, 0.717) is 24.9 Å². The van der Waals surface area contributed by atoms with Gasteiger partial charge in [0.1, 0.15) is 5.65 Å². The highest BCUT2D eigenvalue weighted by atomic mass is 16.5. The molecule has 0 saturated heterocycles. The van der Waals surface area contributed by atoms with Crippen LogP contribution in [0, 0.1) is 11.8 Å². The molecule has 3 heterocycles. The summed E-state index contributed by atoms with van der Waals surface area (Å²) < 4.78 is 7.90. The van der Waals surface area contributed by atoms with Gasteiger partial charge in [-0.1, -0.05) is 0 Å². The van der Waals surface area contributed by atoms with Gasteiger partial charge in [0.25, 0.3) is 0 Å². The highest BCUT2D eigenvalue weighted by Gasteiger charge is 2.37. The van der Waals surface area contributed by atoms with Crippen molar-refractivity contribution in [1.29, 1.82) is 0 Å². The van der Waals surface area contributed by atoms with Gasteiger partial charge in [0.05, 0.1) is 18.3 Å². The number of rotatable bonds is 0. The fourth-order valence-corrected chi connectivity index (χ4v) is 3.24. The first kappa shape index (κ1) is 13.8. The van der Waals surface area contributed by atoms with Gasteiger partial charge < -0.3 is 14.6 Å². The molecule has 116 valence electrons. The third kappa shape index (κ3) is 2.61. The number of carbonyl (C=O) groups excluding carboxylic acids is 1. The maximum Gasteiger partial charge on any atom is 0.222 e. The Balaban J connectivity index is 1.68. The van der Waals surface area contributed by atoms with Crippen LogP contribution in [-0.2, 0) is 16.1 Å². The molecule has 2 aromatic rings. The van der Waals surface area contributed by atoms with Crippen LogP contribution in [0.15, 0.2) is 24.4 Å². The van der Waals surface area contributed by atoms with Crippen molar-refractivity contribution in [2.24, 2.45) is 11.8 Å². The fraction of sp³-hybridized carbons (Fsp3) is 0.529. The molecule has 3 atom stereocenters. The third-order valence-electron chi connectivity index (χ3n) is 4.76. The summed E-state index contributed by atoms with van der Waals surface area (Å²) in [6.07, 6.45) is 3.75. The first-order valence-electron chi connectivity index (χ1n) is 8.03. The quantitative estimate of drug-likeness (QED) is 0.812. The van der Waals surface area contributed by atoms with E-state index in [2.05, 4.69) is 28.2 Å². The summed E-state index contributed by atoms with van der Waals surface area (Å²) in [4.78, 5) is 16.7. The molecular formula is C17H21N3O2. The molecule has 1 aliphatic heterocycles. The number of hydrogen-bond acceptors (Lipinski definition) is 3. The fourth-order valence-electron chi connectivity index (χ4n) is 3.24. The molecule has 2 aliphatic rings. The molecule has 2 aromatic heterocycles. The Bertz CT molecular complexity index is 709. The number of amides is 1. The van der Waals surface area contributed by atoms with Crippen LogP contribution >= 0.6 is 0 Å². The summed E-state index contributed by atoms with van der Waals surface area (Å²) in [6, 6.07) is 6.12. The van der Waals surface area contributed by atoms with Crippen molar-refractivity contribution in [2.45, 2.75) is 32.4 Å². The van der Waals surface area contributed by atoms with Crippen molar-refractivity contribution in [3.8, 4) is 0 Å². The maximum absolute atomic E-state index is 12.0. The van der Waals surface area contributed by atoms with Gasteiger partial charge in [-0.2, -0.15) is 0 Å². The van der Waals surface area contributed by atoms with Gasteiger partial charge in [0, 0.05) is 31.2 Å². The van der Waals surface area contributed by atoms with E-state index in [0.717, 1.165) is 29.9 Å². The van der Waals surface area contributed by atoms with Crippen molar-refractivity contribution < 1.29 is 9.53 Å². The summed E-state index contributed by atoms with van der Waals surface area (Å²) >= 11 is 0. The largest absolute Gasteiger partial charge is 0.381 e. The predicted octanol–water partition coefficient (Wildman–Crippen LogP) is 2.27. The molecule has 1 aliphatic carbocycles. The minimum absolute atomic E-state index is 0.0224. The van der Waals surface area contributed by atoms with Gasteiger partial charge in [-0.15, -0.1) is 0 Å². The molecule has 2 bridgehead atoms. The summed E-state index contributed by atoms with van der Waals surface area (Å²) in [6.45, 7) is 4.26. The number of carbonyl (C=O) groups is 1.